The summed E-state index contributed by atoms with van der Waals surface area (Å²) in [6.07, 6.45) is 5.17. The number of nitrogens with zero attached hydrogens (tertiary/aromatic N) is 1. The average Bonchev–Trinajstić information content (AvgIpc) is 2.62. The zero-order valence-corrected chi connectivity index (χ0v) is 11.1. The predicted molar refractivity (Wildman–Crippen MR) is 67.5 cm³/mol. The third-order valence-electron chi connectivity index (χ3n) is 3.59. The number of rotatable bonds is 2. The minimum absolute atomic E-state index is 0.295. The van der Waals surface area contributed by atoms with Crippen LogP contribution in [0.1, 0.15) is 49.1 Å². The van der Waals surface area contributed by atoms with E-state index in [-0.39, 0.29) is 6.10 Å². The molecule has 0 saturated heterocycles. The highest BCUT2D eigenvalue weighted by Crippen LogP contribution is 2.40. The topological polar surface area (TPSA) is 33.1 Å². The van der Waals surface area contributed by atoms with Crippen LogP contribution in [0, 0.1) is 24.7 Å². The second-order valence-corrected chi connectivity index (χ2v) is 6.67. The molecule has 1 aromatic heterocycles. The van der Waals surface area contributed by atoms with Gasteiger partial charge in [0.25, 0.3) is 0 Å². The normalized spacial score (nSPS) is 32.6. The number of aliphatic hydroxyl groups is 1. The van der Waals surface area contributed by atoms with E-state index in [2.05, 4.69) is 18.8 Å². The highest BCUT2D eigenvalue weighted by molar-refractivity contribution is 7.11. The molecule has 1 heterocycles. The molecule has 1 fully saturated rings. The van der Waals surface area contributed by atoms with E-state index < -0.39 is 0 Å². The molecule has 16 heavy (non-hydrogen) atoms. The van der Waals surface area contributed by atoms with Crippen LogP contribution in [0.5, 0.6) is 0 Å². The van der Waals surface area contributed by atoms with Crippen LogP contribution in [0.3, 0.4) is 0 Å². The Morgan fingerprint density at radius 3 is 2.44 bits per heavy atom. The third-order valence-corrected chi connectivity index (χ3v) is 4.58. The molecule has 2 rings (SSSR count). The summed E-state index contributed by atoms with van der Waals surface area (Å²) >= 11 is 1.63. The summed E-state index contributed by atoms with van der Waals surface area (Å²) < 4.78 is 0. The van der Waals surface area contributed by atoms with Crippen molar-refractivity contribution in [1.82, 2.24) is 4.98 Å². The van der Waals surface area contributed by atoms with Gasteiger partial charge < -0.3 is 5.11 Å². The van der Waals surface area contributed by atoms with Crippen molar-refractivity contribution in [3.05, 3.63) is 16.1 Å². The van der Waals surface area contributed by atoms with E-state index in [0.717, 1.165) is 34.6 Å². The molecule has 90 valence electrons. The van der Waals surface area contributed by atoms with Gasteiger partial charge >= 0.3 is 0 Å². The first-order valence-corrected chi connectivity index (χ1v) is 6.98. The van der Waals surface area contributed by atoms with Crippen LogP contribution < -0.4 is 0 Å². The van der Waals surface area contributed by atoms with Crippen LogP contribution in [-0.4, -0.2) is 10.1 Å². The molecule has 0 amide bonds. The number of aliphatic hydroxyl groups excluding tert-OH is 1. The fraction of sp³-hybridized carbons (Fsp3) is 0.769. The molecule has 0 aliphatic heterocycles. The Kier molecular flexibility index (Phi) is 3.65. The predicted octanol–water partition coefficient (Wildman–Crippen LogP) is 3.56. The molecule has 3 unspecified atom stereocenters. The van der Waals surface area contributed by atoms with E-state index in [4.69, 9.17) is 0 Å². The molecular formula is C13H21NOS. The second kappa shape index (κ2) is 4.84. The van der Waals surface area contributed by atoms with Crippen LogP contribution >= 0.6 is 11.3 Å². The van der Waals surface area contributed by atoms with Crippen molar-refractivity contribution in [2.75, 3.05) is 0 Å². The van der Waals surface area contributed by atoms with Gasteiger partial charge in [0.2, 0.25) is 0 Å². The smallest absolute Gasteiger partial charge is 0.0926 e. The van der Waals surface area contributed by atoms with Gasteiger partial charge in [0.05, 0.1) is 16.0 Å². The summed E-state index contributed by atoms with van der Waals surface area (Å²) in [6.45, 7) is 6.59. The Balaban J connectivity index is 2.06. The number of thiazole rings is 1. The highest BCUT2D eigenvalue weighted by atomic mass is 32.1. The molecule has 1 N–H and O–H groups in total. The Labute approximate surface area is 102 Å². The van der Waals surface area contributed by atoms with Gasteiger partial charge in [-0.05, 0) is 43.9 Å². The molecule has 1 aromatic rings. The molecular weight excluding hydrogens is 218 g/mol. The minimum Gasteiger partial charge on any atom is -0.387 e. The van der Waals surface area contributed by atoms with Gasteiger partial charge in [0, 0.05) is 6.20 Å². The van der Waals surface area contributed by atoms with Gasteiger partial charge in [0.1, 0.15) is 0 Å². The molecule has 2 nitrogen and oxygen atoms in total. The van der Waals surface area contributed by atoms with Gasteiger partial charge in [-0.3, -0.25) is 0 Å². The zero-order valence-electron chi connectivity index (χ0n) is 10.3. The third kappa shape index (κ3) is 2.64. The summed E-state index contributed by atoms with van der Waals surface area (Å²) in [5.74, 6) is 1.92. The summed E-state index contributed by atoms with van der Waals surface area (Å²) in [4.78, 5) is 5.27. The van der Waals surface area contributed by atoms with Crippen LogP contribution in [0.2, 0.25) is 0 Å². The maximum atomic E-state index is 10.4. The Morgan fingerprint density at radius 1 is 1.31 bits per heavy atom. The lowest BCUT2D eigenvalue weighted by atomic mass is 9.74. The molecule has 1 saturated carbocycles. The van der Waals surface area contributed by atoms with Crippen molar-refractivity contribution in [2.24, 2.45) is 17.8 Å². The lowest BCUT2D eigenvalue weighted by molar-refractivity contribution is 0.0575. The molecule has 0 radical (unpaired) electrons. The SMILES string of the molecule is Cc1ncc(C(O)C2CC(C)CC(C)C2)s1. The lowest BCUT2D eigenvalue weighted by Crippen LogP contribution is -2.24. The van der Waals surface area contributed by atoms with Crippen molar-refractivity contribution < 1.29 is 5.11 Å². The van der Waals surface area contributed by atoms with E-state index in [0.29, 0.717) is 5.92 Å². The monoisotopic (exact) mass is 239 g/mol. The highest BCUT2D eigenvalue weighted by Gasteiger charge is 2.30. The zero-order chi connectivity index (χ0) is 11.7. The fourth-order valence-corrected chi connectivity index (χ4v) is 3.88. The van der Waals surface area contributed by atoms with Crippen molar-refractivity contribution >= 4 is 11.3 Å². The first kappa shape index (κ1) is 12.1. The van der Waals surface area contributed by atoms with Crippen LogP contribution in [0.25, 0.3) is 0 Å². The molecule has 1 aliphatic rings. The second-order valence-electron chi connectivity index (χ2n) is 5.40. The quantitative estimate of drug-likeness (QED) is 0.856. The van der Waals surface area contributed by atoms with Crippen molar-refractivity contribution in [1.29, 1.82) is 0 Å². The number of hydrogen-bond acceptors (Lipinski definition) is 3. The van der Waals surface area contributed by atoms with E-state index in [9.17, 15) is 5.11 Å². The maximum Gasteiger partial charge on any atom is 0.0926 e. The standard InChI is InChI=1S/C13H21NOS/c1-8-4-9(2)6-11(5-8)13(15)12-7-14-10(3)16-12/h7-9,11,13,15H,4-6H2,1-3H3. The largest absolute Gasteiger partial charge is 0.387 e. The molecule has 3 heteroatoms. The van der Waals surface area contributed by atoms with Crippen LogP contribution in [0.4, 0.5) is 0 Å². The van der Waals surface area contributed by atoms with Crippen molar-refractivity contribution in [3.8, 4) is 0 Å². The summed E-state index contributed by atoms with van der Waals surface area (Å²) in [5, 5.41) is 11.4. The molecule has 0 aromatic carbocycles. The number of aryl methyl sites for hydroxylation is 1. The van der Waals surface area contributed by atoms with Gasteiger partial charge in [0.15, 0.2) is 0 Å². The summed E-state index contributed by atoms with van der Waals surface area (Å²) in [5.41, 5.74) is 0. The molecule has 0 bridgehead atoms. The van der Waals surface area contributed by atoms with E-state index in [1.165, 1.54) is 6.42 Å². The number of hydrogen-bond donors (Lipinski definition) is 1. The average molecular weight is 239 g/mol. The minimum atomic E-state index is -0.295. The molecule has 0 spiro atoms. The first-order valence-electron chi connectivity index (χ1n) is 6.16. The first-order chi connectivity index (χ1) is 7.56. The van der Waals surface area contributed by atoms with Crippen LogP contribution in [0.15, 0.2) is 6.20 Å². The van der Waals surface area contributed by atoms with Gasteiger partial charge in [-0.1, -0.05) is 13.8 Å². The van der Waals surface area contributed by atoms with Crippen molar-refractivity contribution in [3.63, 3.8) is 0 Å². The van der Waals surface area contributed by atoms with Crippen molar-refractivity contribution in [2.45, 2.75) is 46.1 Å². The maximum absolute atomic E-state index is 10.4. The van der Waals surface area contributed by atoms with Gasteiger partial charge in [-0.25, -0.2) is 4.98 Å². The van der Waals surface area contributed by atoms with Crippen LogP contribution in [-0.2, 0) is 0 Å². The van der Waals surface area contributed by atoms with E-state index in [1.807, 2.05) is 13.1 Å². The molecule has 1 aliphatic carbocycles. The Morgan fingerprint density at radius 2 is 1.94 bits per heavy atom. The van der Waals surface area contributed by atoms with E-state index in [1.54, 1.807) is 11.3 Å². The summed E-state index contributed by atoms with van der Waals surface area (Å²) in [7, 11) is 0. The Hall–Kier alpha value is -0.410. The Bertz CT molecular complexity index is 339. The van der Waals surface area contributed by atoms with Gasteiger partial charge in [-0.15, -0.1) is 11.3 Å². The summed E-state index contributed by atoms with van der Waals surface area (Å²) in [6, 6.07) is 0. The van der Waals surface area contributed by atoms with E-state index >= 15 is 0 Å². The number of aromatic nitrogens is 1. The molecule has 3 atom stereocenters. The van der Waals surface area contributed by atoms with Gasteiger partial charge in [-0.2, -0.15) is 0 Å². The lowest BCUT2D eigenvalue weighted by Gasteiger charge is -2.33. The fourth-order valence-electron chi connectivity index (χ4n) is 3.01.